The fourth-order valence-corrected chi connectivity index (χ4v) is 3.37. The summed E-state index contributed by atoms with van der Waals surface area (Å²) in [6, 6.07) is 10.2. The number of aryl methyl sites for hydroxylation is 6. The molecule has 4 aromatic heterocycles. The Kier molecular flexibility index (Phi) is 49.4. The molecule has 4 aromatic rings. The van der Waals surface area contributed by atoms with Crippen molar-refractivity contribution in [3.63, 3.8) is 0 Å². The zero-order valence-corrected chi connectivity index (χ0v) is 37.6. The maximum atomic E-state index is 5.12. The van der Waals surface area contributed by atoms with Gasteiger partial charge in [-0.1, -0.05) is 34.6 Å². The van der Waals surface area contributed by atoms with E-state index in [9.17, 15) is 0 Å². The molecule has 0 bridgehead atoms. The molecule has 1 N–H and O–H groups in total. The Morgan fingerprint density at radius 1 is 0.583 bits per heavy atom. The van der Waals surface area contributed by atoms with Crippen molar-refractivity contribution in [1.82, 2.24) is 18.7 Å². The monoisotopic (exact) mass is 990 g/mol. The van der Waals surface area contributed by atoms with Gasteiger partial charge in [0, 0.05) is 137 Å². The Balaban J connectivity index is -0.000000159. The first-order chi connectivity index (χ1) is 22.4. The van der Waals surface area contributed by atoms with Crippen LogP contribution in [0.15, 0.2) is 79.9 Å². The molecule has 0 fully saturated rings. The SMILES string of the molecule is C#CCCn1ccc(C)c1.CC.CC.CC#CCC.CC#CCCn1ccc(C)c1.CC#CCCn1ccc(C)c1.[W].[W].c1cc[nH]c1. The van der Waals surface area contributed by atoms with Gasteiger partial charge in [-0.25, -0.2) is 0 Å². The fraction of sp³-hybridized carbons (Fsp3) is 0.429. The Hall–Kier alpha value is -3.26. The second-order valence-electron chi connectivity index (χ2n) is 9.25. The average molecular weight is 991 g/mol. The second-order valence-corrected chi connectivity index (χ2v) is 9.25. The van der Waals surface area contributed by atoms with E-state index >= 15 is 0 Å². The smallest absolute Gasteiger partial charge is 0.0329 e. The number of hydrogen-bond acceptors (Lipinski definition) is 0. The molecule has 0 unspecified atom stereocenters. The third kappa shape index (κ3) is 37.2. The summed E-state index contributed by atoms with van der Waals surface area (Å²) in [5.41, 5.74) is 3.92. The van der Waals surface area contributed by atoms with Crippen LogP contribution < -0.4 is 0 Å². The zero-order chi connectivity index (χ0) is 35.3. The summed E-state index contributed by atoms with van der Waals surface area (Å²) in [5, 5.41) is 0. The van der Waals surface area contributed by atoms with E-state index < -0.39 is 0 Å². The third-order valence-corrected chi connectivity index (χ3v) is 5.40. The average Bonchev–Trinajstić information content (AvgIpc) is 3.91. The summed E-state index contributed by atoms with van der Waals surface area (Å²) >= 11 is 0. The predicted molar refractivity (Wildman–Crippen MR) is 204 cm³/mol. The first-order valence-electron chi connectivity index (χ1n) is 16.5. The summed E-state index contributed by atoms with van der Waals surface area (Å²) in [7, 11) is 0. The Morgan fingerprint density at radius 3 is 1.10 bits per heavy atom. The molecule has 0 radical (unpaired) electrons. The minimum Gasteiger partial charge on any atom is -0.368 e. The number of nitrogens with one attached hydrogen (secondary N) is 1. The predicted octanol–water partition coefficient (Wildman–Crippen LogP) is 10.7. The van der Waals surface area contributed by atoms with Crippen LogP contribution in [0.25, 0.3) is 0 Å². The van der Waals surface area contributed by atoms with Gasteiger partial charge in [0.25, 0.3) is 0 Å². The van der Waals surface area contributed by atoms with Crippen molar-refractivity contribution in [2.24, 2.45) is 0 Å². The van der Waals surface area contributed by atoms with Gasteiger partial charge < -0.3 is 18.7 Å². The number of rotatable bonds is 6. The Labute approximate surface area is 324 Å². The maximum absolute atomic E-state index is 5.12. The molecular formula is C42H62N4W2. The Morgan fingerprint density at radius 2 is 0.917 bits per heavy atom. The summed E-state index contributed by atoms with van der Waals surface area (Å²) in [4.78, 5) is 2.86. The molecule has 4 rings (SSSR count). The van der Waals surface area contributed by atoms with Gasteiger partial charge in [-0.2, -0.15) is 0 Å². The molecule has 0 aromatic carbocycles. The summed E-state index contributed by atoms with van der Waals surface area (Å²) in [5.74, 6) is 20.1. The van der Waals surface area contributed by atoms with E-state index in [1.165, 1.54) is 16.7 Å². The quantitative estimate of drug-likeness (QED) is 0.187. The van der Waals surface area contributed by atoms with Crippen LogP contribution in [0, 0.1) is 68.6 Å². The first-order valence-corrected chi connectivity index (χ1v) is 16.5. The number of aromatic nitrogens is 4. The van der Waals surface area contributed by atoms with Crippen LogP contribution in [-0.4, -0.2) is 18.7 Å². The summed E-state index contributed by atoms with van der Waals surface area (Å²) < 4.78 is 6.44. The van der Waals surface area contributed by atoms with Crippen LogP contribution >= 0.6 is 0 Å². The number of hydrogen-bond donors (Lipinski definition) is 1. The standard InChI is InChI=1S/2C10H13N.C9H11N.C5H8.C4H5N.2C2H6.2W/c2*1-3-4-5-7-11-8-6-10(2)9-11;1-3-4-6-10-7-5-9(2)8-10;1-3-5-4-2;1-2-4-5-3-1;2*1-2;;/h2*6,8-9H,5,7H2,1-2H3;1,5,7-8H,4,6H2,2H3;3H2,1-2H3;1-5H;2*1-2H3;;. The van der Waals surface area contributed by atoms with Gasteiger partial charge in [0.2, 0.25) is 0 Å². The normalized spacial score (nSPS) is 7.62. The van der Waals surface area contributed by atoms with Gasteiger partial charge >= 0.3 is 0 Å². The maximum Gasteiger partial charge on any atom is 0.0329 e. The molecule has 48 heavy (non-hydrogen) atoms. The summed E-state index contributed by atoms with van der Waals surface area (Å²) in [6.45, 7) is 24.9. The van der Waals surface area contributed by atoms with Crippen molar-refractivity contribution in [3.05, 3.63) is 96.6 Å². The number of terminal acetylenes is 1. The van der Waals surface area contributed by atoms with Crippen LogP contribution in [0.3, 0.4) is 0 Å². The van der Waals surface area contributed by atoms with Crippen molar-refractivity contribution in [1.29, 1.82) is 0 Å². The summed E-state index contributed by atoms with van der Waals surface area (Å²) in [6.07, 6.45) is 25.2. The van der Waals surface area contributed by atoms with Crippen molar-refractivity contribution in [3.8, 4) is 47.9 Å². The van der Waals surface area contributed by atoms with Crippen LogP contribution in [0.1, 0.15) is 97.8 Å². The van der Waals surface area contributed by atoms with Crippen LogP contribution in [-0.2, 0) is 61.8 Å². The Bertz CT molecular complexity index is 1340. The minimum absolute atomic E-state index is 0. The third-order valence-electron chi connectivity index (χ3n) is 5.40. The molecule has 0 atom stereocenters. The molecule has 262 valence electrons. The molecule has 0 saturated heterocycles. The van der Waals surface area contributed by atoms with Gasteiger partial charge in [0.1, 0.15) is 0 Å². The van der Waals surface area contributed by atoms with Gasteiger partial charge in [-0.3, -0.25) is 0 Å². The van der Waals surface area contributed by atoms with Gasteiger partial charge in [-0.05, 0) is 88.6 Å². The van der Waals surface area contributed by atoms with Gasteiger partial charge in [-0.15, -0.1) is 47.9 Å². The van der Waals surface area contributed by atoms with Crippen LogP contribution in [0.4, 0.5) is 0 Å². The molecule has 0 spiro atoms. The van der Waals surface area contributed by atoms with Crippen molar-refractivity contribution < 1.29 is 42.1 Å². The van der Waals surface area contributed by atoms with E-state index in [0.29, 0.717) is 0 Å². The molecule has 0 aliphatic heterocycles. The van der Waals surface area contributed by atoms with Crippen LogP contribution in [0.5, 0.6) is 0 Å². The molecule has 4 nitrogen and oxygen atoms in total. The van der Waals surface area contributed by atoms with Crippen LogP contribution in [0.2, 0.25) is 0 Å². The van der Waals surface area contributed by atoms with E-state index in [-0.39, 0.29) is 42.1 Å². The molecule has 0 saturated carbocycles. The molecule has 0 aliphatic rings. The van der Waals surface area contributed by atoms with E-state index in [4.69, 9.17) is 6.42 Å². The van der Waals surface area contributed by atoms with Crippen molar-refractivity contribution >= 4 is 0 Å². The van der Waals surface area contributed by atoms with Gasteiger partial charge in [0.15, 0.2) is 0 Å². The number of aromatic amines is 1. The number of nitrogens with zero attached hydrogens (tertiary/aromatic N) is 3. The van der Waals surface area contributed by atoms with E-state index in [0.717, 1.165) is 45.3 Å². The minimum atomic E-state index is 0. The molecule has 6 heteroatoms. The first kappa shape index (κ1) is 54.2. The molecular weight excluding hydrogens is 928 g/mol. The fourth-order valence-electron chi connectivity index (χ4n) is 3.37. The molecule has 0 amide bonds. The van der Waals surface area contributed by atoms with E-state index in [2.05, 4.69) is 130 Å². The van der Waals surface area contributed by atoms with Crippen molar-refractivity contribution in [2.75, 3.05) is 0 Å². The molecule has 0 aliphatic carbocycles. The van der Waals surface area contributed by atoms with E-state index in [1.54, 1.807) is 0 Å². The van der Waals surface area contributed by atoms with Crippen molar-refractivity contribution in [2.45, 2.75) is 121 Å². The second kappa shape index (κ2) is 43.7. The zero-order valence-electron chi connectivity index (χ0n) is 31.7. The largest absolute Gasteiger partial charge is 0.368 e. The van der Waals surface area contributed by atoms with E-state index in [1.807, 2.05) is 86.1 Å². The number of H-pyrrole nitrogens is 1. The topological polar surface area (TPSA) is 30.6 Å². The van der Waals surface area contributed by atoms with Gasteiger partial charge in [0.05, 0.1) is 0 Å². The molecule has 4 heterocycles.